The summed E-state index contributed by atoms with van der Waals surface area (Å²) in [5.74, 6) is 0.399. The summed E-state index contributed by atoms with van der Waals surface area (Å²) >= 11 is -1.84. The molecule has 0 amide bonds. The zero-order chi connectivity index (χ0) is 27.0. The fourth-order valence-corrected chi connectivity index (χ4v) is 13.9. The fraction of sp³-hybridized carbons (Fsp3) is 0.343. The van der Waals surface area contributed by atoms with E-state index in [1.807, 2.05) is 6.07 Å². The van der Waals surface area contributed by atoms with Crippen molar-refractivity contribution in [1.82, 2.24) is 0 Å². The Balaban J connectivity index is 0.000000188. The molecule has 0 saturated heterocycles. The molecule has 1 N–H and O–H groups in total. The van der Waals surface area contributed by atoms with Crippen molar-refractivity contribution >= 4 is 15.4 Å². The number of rotatable bonds is 2. The summed E-state index contributed by atoms with van der Waals surface area (Å²) in [5, 5.41) is 9.84. The first-order valence-corrected chi connectivity index (χ1v) is 17.5. The van der Waals surface area contributed by atoms with E-state index in [1.54, 1.807) is 20.4 Å². The molecule has 192 valence electrons. The molecule has 0 aliphatic heterocycles. The predicted octanol–water partition coefficient (Wildman–Crippen LogP) is 9.34. The topological polar surface area (TPSA) is 20.2 Å². The van der Waals surface area contributed by atoms with Gasteiger partial charge in [0, 0.05) is 0 Å². The van der Waals surface area contributed by atoms with Crippen LogP contribution in [0.2, 0.25) is 0 Å². The van der Waals surface area contributed by atoms with Crippen LogP contribution in [-0.2, 0) is 32.1 Å². The Morgan fingerprint density at radius 3 is 1.59 bits per heavy atom. The van der Waals surface area contributed by atoms with Gasteiger partial charge in [-0.2, -0.15) is 0 Å². The number of phenolic OH excluding ortho intramolecular Hbond substituents is 1. The Kier molecular flexibility index (Phi) is 8.11. The van der Waals surface area contributed by atoms with Crippen molar-refractivity contribution < 1.29 is 26.4 Å². The second-order valence-corrected chi connectivity index (χ2v) is 20.4. The average molecular weight is 570 g/mol. The normalized spacial score (nSPS) is 17.6. The molecule has 37 heavy (non-hydrogen) atoms. The van der Waals surface area contributed by atoms with Crippen molar-refractivity contribution in [2.45, 2.75) is 73.5 Å². The molecule has 0 aromatic heterocycles. The number of benzene rings is 3. The van der Waals surface area contributed by atoms with Crippen LogP contribution >= 0.6 is 0 Å². The second kappa shape index (κ2) is 10.8. The molecule has 2 aliphatic rings. The molecule has 0 fully saturated rings. The summed E-state index contributed by atoms with van der Waals surface area (Å²) in [6.07, 6.45) is 9.66. The van der Waals surface area contributed by atoms with E-state index in [0.717, 1.165) is 5.56 Å². The zero-order valence-electron chi connectivity index (χ0n) is 23.8. The third-order valence-electron chi connectivity index (χ3n) is 7.52. The molecule has 2 aliphatic carbocycles. The molecule has 2 atom stereocenters. The standard InChI is InChI=1S/C14H22O.2C9H7.C3H6.Zr/c1-13(2,3)10-7-8-12(15)11(9-10)14(4,5)6;2*1-2-5-9-7-3-6-8(9)4-1;1-3-2;/h7-9,15H,1-6H3;2*1-7H;1-2H3;. The van der Waals surface area contributed by atoms with Crippen LogP contribution < -0.4 is 0 Å². The molecule has 2 unspecified atom stereocenters. The predicted molar refractivity (Wildman–Crippen MR) is 158 cm³/mol. The first-order chi connectivity index (χ1) is 17.4. The van der Waals surface area contributed by atoms with Gasteiger partial charge in [0.2, 0.25) is 0 Å². The quantitative estimate of drug-likeness (QED) is 0.326. The van der Waals surface area contributed by atoms with Crippen molar-refractivity contribution in [3.63, 3.8) is 0 Å². The molecule has 0 bridgehead atoms. The maximum absolute atomic E-state index is 9.84. The van der Waals surface area contributed by atoms with Gasteiger partial charge in [0.1, 0.15) is 5.75 Å². The van der Waals surface area contributed by atoms with Crippen molar-refractivity contribution in [2.75, 3.05) is 0 Å². The summed E-state index contributed by atoms with van der Waals surface area (Å²) < 4.78 is 3.08. The van der Waals surface area contributed by atoms with Crippen molar-refractivity contribution in [3.8, 4) is 5.75 Å². The van der Waals surface area contributed by atoms with Gasteiger partial charge in [-0.1, -0.05) is 53.7 Å². The Morgan fingerprint density at radius 2 is 1.16 bits per heavy atom. The Bertz CT molecular complexity index is 1310. The van der Waals surface area contributed by atoms with E-state index in [-0.39, 0.29) is 10.8 Å². The van der Waals surface area contributed by atoms with Gasteiger partial charge in [-0.3, -0.25) is 0 Å². The molecule has 2 heteroatoms. The molecular weight excluding hydrogens is 528 g/mol. The third-order valence-corrected chi connectivity index (χ3v) is 16.1. The monoisotopic (exact) mass is 568 g/mol. The number of hydrogen-bond donors (Lipinski definition) is 1. The van der Waals surface area contributed by atoms with E-state index in [2.05, 4.69) is 134 Å². The minimum atomic E-state index is -1.84. The van der Waals surface area contributed by atoms with Crippen LogP contribution in [0.25, 0.3) is 12.2 Å². The number of hydrogen-bond acceptors (Lipinski definition) is 1. The van der Waals surface area contributed by atoms with Crippen LogP contribution in [0.5, 0.6) is 5.75 Å². The van der Waals surface area contributed by atoms with Crippen molar-refractivity contribution in [1.29, 1.82) is 0 Å². The first kappa shape index (κ1) is 27.7. The van der Waals surface area contributed by atoms with Crippen LogP contribution in [0.15, 0.2) is 78.9 Å². The van der Waals surface area contributed by atoms with E-state index in [4.69, 9.17) is 0 Å². The molecule has 1 nitrogen and oxygen atoms in total. The molecule has 3 aromatic carbocycles. The van der Waals surface area contributed by atoms with Crippen LogP contribution in [0.3, 0.4) is 0 Å². The van der Waals surface area contributed by atoms with Gasteiger partial charge >= 0.3 is 141 Å². The molecular formula is C35H42OZr. The van der Waals surface area contributed by atoms with Crippen molar-refractivity contribution in [3.05, 3.63) is 112 Å². The van der Waals surface area contributed by atoms with Gasteiger partial charge in [0.15, 0.2) is 0 Å². The number of phenols is 1. The molecule has 0 heterocycles. The van der Waals surface area contributed by atoms with Gasteiger partial charge in [0.05, 0.1) is 0 Å². The SMILES string of the molecule is CC(C)(C)c1ccc(O)c(C(C)(C)C)c1.C[C](C)=[Zr]([CH]1C=Cc2ccccc21)[CH]1C=Cc2ccccc21. The van der Waals surface area contributed by atoms with Crippen LogP contribution in [-0.4, -0.2) is 8.31 Å². The van der Waals surface area contributed by atoms with Gasteiger partial charge in [-0.25, -0.2) is 0 Å². The number of allylic oxidation sites excluding steroid dienone is 2. The van der Waals surface area contributed by atoms with Gasteiger partial charge in [-0.15, -0.1) is 0 Å². The summed E-state index contributed by atoms with van der Waals surface area (Å²) in [5.41, 5.74) is 8.41. The Hall–Kier alpha value is -2.31. The average Bonchev–Trinajstić information content (AvgIpc) is 3.44. The maximum atomic E-state index is 9.84. The van der Waals surface area contributed by atoms with Crippen LogP contribution in [0.4, 0.5) is 0 Å². The molecule has 0 spiro atoms. The van der Waals surface area contributed by atoms with Crippen LogP contribution in [0, 0.1) is 0 Å². The van der Waals surface area contributed by atoms with E-state index in [0.29, 0.717) is 13.0 Å². The van der Waals surface area contributed by atoms with E-state index in [1.165, 1.54) is 16.7 Å². The van der Waals surface area contributed by atoms with Gasteiger partial charge in [-0.05, 0) is 28.0 Å². The summed E-state index contributed by atoms with van der Waals surface area (Å²) in [6.45, 7) is 17.7. The van der Waals surface area contributed by atoms with Crippen LogP contribution in [0.1, 0.15) is 96.0 Å². The zero-order valence-corrected chi connectivity index (χ0v) is 26.2. The van der Waals surface area contributed by atoms with E-state index < -0.39 is 21.3 Å². The summed E-state index contributed by atoms with van der Waals surface area (Å²) in [4.78, 5) is 0. The molecule has 3 aromatic rings. The Morgan fingerprint density at radius 1 is 0.676 bits per heavy atom. The van der Waals surface area contributed by atoms with Gasteiger partial charge in [0.25, 0.3) is 0 Å². The first-order valence-electron chi connectivity index (χ1n) is 13.4. The fourth-order valence-electron chi connectivity index (χ4n) is 5.46. The molecule has 0 saturated carbocycles. The molecule has 5 rings (SSSR count). The van der Waals surface area contributed by atoms with Crippen molar-refractivity contribution in [2.24, 2.45) is 0 Å². The minimum absolute atomic E-state index is 0.00859. The van der Waals surface area contributed by atoms with E-state index >= 15 is 0 Å². The second-order valence-electron chi connectivity index (χ2n) is 12.6. The Labute approximate surface area is 232 Å². The molecule has 0 radical (unpaired) electrons. The van der Waals surface area contributed by atoms with Gasteiger partial charge < -0.3 is 5.11 Å². The third kappa shape index (κ3) is 6.07. The summed E-state index contributed by atoms with van der Waals surface area (Å²) in [7, 11) is 0. The number of fused-ring (bicyclic) bond motifs is 2. The number of aromatic hydroxyl groups is 1. The summed E-state index contributed by atoms with van der Waals surface area (Å²) in [6, 6.07) is 23.8. The van der Waals surface area contributed by atoms with E-state index in [9.17, 15) is 5.11 Å².